The monoisotopic (exact) mass is 549 g/mol. The number of ether oxygens (including phenoxy) is 1. The second-order valence-corrected chi connectivity index (χ2v) is 9.15. The molecule has 5 aromatic rings. The van der Waals surface area contributed by atoms with Crippen LogP contribution in [-0.4, -0.2) is 35.0 Å². The van der Waals surface area contributed by atoms with E-state index in [1.807, 2.05) is 37.3 Å². The van der Waals surface area contributed by atoms with Gasteiger partial charge in [0.2, 0.25) is 0 Å². The molecule has 5 rings (SSSR count). The number of tetrazole rings is 1. The molecule has 0 amide bonds. The van der Waals surface area contributed by atoms with E-state index in [1.165, 1.54) is 22.8 Å². The standard InChI is InChI=1S/C28H26F3N7O2/c1-2-3-13-24-34-38(23-12-8-7-11-22(23)28(29,30)31)27(39)37(24)18-19-14-16-21(17-15-19)40-25(26-32-35-36-33-26)20-9-5-4-6-10-20/h4-12,14-17,25H,2-3,13,18H2,1H3,(H,32,33,35,36). The van der Waals surface area contributed by atoms with Gasteiger partial charge in [0.1, 0.15) is 11.6 Å². The lowest BCUT2D eigenvalue weighted by atomic mass is 10.1. The van der Waals surface area contributed by atoms with Crippen molar-refractivity contribution in [3.63, 3.8) is 0 Å². The summed E-state index contributed by atoms with van der Waals surface area (Å²) in [6.07, 6.45) is -3.16. The van der Waals surface area contributed by atoms with E-state index in [2.05, 4.69) is 25.7 Å². The fourth-order valence-corrected chi connectivity index (χ4v) is 4.35. The predicted octanol–water partition coefficient (Wildman–Crippen LogP) is 5.13. The Morgan fingerprint density at radius 3 is 2.38 bits per heavy atom. The molecule has 0 radical (unpaired) electrons. The maximum absolute atomic E-state index is 13.7. The fourth-order valence-electron chi connectivity index (χ4n) is 4.35. The number of halogens is 3. The van der Waals surface area contributed by atoms with Gasteiger partial charge in [-0.2, -0.15) is 17.9 Å². The summed E-state index contributed by atoms with van der Waals surface area (Å²) in [4.78, 5) is 13.4. The minimum atomic E-state index is -4.63. The van der Waals surface area contributed by atoms with Gasteiger partial charge >= 0.3 is 11.9 Å². The van der Waals surface area contributed by atoms with E-state index >= 15 is 0 Å². The molecule has 1 unspecified atom stereocenters. The molecular formula is C28H26F3N7O2. The van der Waals surface area contributed by atoms with E-state index < -0.39 is 23.5 Å². The minimum Gasteiger partial charge on any atom is -0.478 e. The Hall–Kier alpha value is -4.74. The van der Waals surface area contributed by atoms with Gasteiger partial charge in [-0.15, -0.1) is 10.2 Å². The largest absolute Gasteiger partial charge is 0.478 e. The molecule has 2 aromatic heterocycles. The van der Waals surface area contributed by atoms with Gasteiger partial charge in [-0.25, -0.2) is 9.89 Å². The zero-order chi connectivity index (χ0) is 28.1. The molecule has 1 atom stereocenters. The number of alkyl halides is 3. The molecule has 0 saturated heterocycles. The molecule has 0 spiro atoms. The van der Waals surface area contributed by atoms with Gasteiger partial charge in [-0.3, -0.25) is 4.57 Å². The predicted molar refractivity (Wildman–Crippen MR) is 140 cm³/mol. The molecule has 0 fully saturated rings. The van der Waals surface area contributed by atoms with Crippen molar-refractivity contribution in [3.05, 3.63) is 118 Å². The zero-order valence-electron chi connectivity index (χ0n) is 21.5. The number of unbranched alkanes of at least 4 members (excludes halogenated alkanes) is 1. The van der Waals surface area contributed by atoms with Crippen LogP contribution in [0.4, 0.5) is 13.2 Å². The summed E-state index contributed by atoms with van der Waals surface area (Å²) in [7, 11) is 0. The van der Waals surface area contributed by atoms with E-state index in [1.54, 1.807) is 24.3 Å². The van der Waals surface area contributed by atoms with Crippen LogP contribution in [0.1, 0.15) is 54.2 Å². The average molecular weight is 550 g/mol. The van der Waals surface area contributed by atoms with Crippen molar-refractivity contribution in [2.75, 3.05) is 0 Å². The maximum atomic E-state index is 13.7. The van der Waals surface area contributed by atoms with E-state index in [0.717, 1.165) is 34.7 Å². The van der Waals surface area contributed by atoms with Crippen LogP contribution in [-0.2, 0) is 19.1 Å². The second kappa shape index (κ2) is 11.6. The summed E-state index contributed by atoms with van der Waals surface area (Å²) in [5.41, 5.74) is -0.239. The van der Waals surface area contributed by atoms with Crippen LogP contribution in [0.2, 0.25) is 0 Å². The number of aryl methyl sites for hydroxylation is 1. The van der Waals surface area contributed by atoms with Gasteiger partial charge in [0.05, 0.1) is 17.8 Å². The first kappa shape index (κ1) is 26.9. The van der Waals surface area contributed by atoms with Crippen LogP contribution in [0, 0.1) is 0 Å². The van der Waals surface area contributed by atoms with E-state index in [0.29, 0.717) is 23.8 Å². The SMILES string of the molecule is CCCCc1nn(-c2ccccc2C(F)(F)F)c(=O)n1Cc1ccc(OC(c2ccccc2)c2nnn[nH]2)cc1. The molecule has 12 heteroatoms. The third-order valence-corrected chi connectivity index (χ3v) is 6.36. The topological polar surface area (TPSA) is 104 Å². The molecule has 206 valence electrons. The number of nitrogens with one attached hydrogen (secondary N) is 1. The number of para-hydroxylation sites is 1. The third-order valence-electron chi connectivity index (χ3n) is 6.36. The van der Waals surface area contributed by atoms with E-state index in [-0.39, 0.29) is 12.2 Å². The van der Waals surface area contributed by atoms with Crippen LogP contribution in [0.25, 0.3) is 5.69 Å². The van der Waals surface area contributed by atoms with Crippen molar-refractivity contribution in [2.24, 2.45) is 0 Å². The van der Waals surface area contributed by atoms with Crippen molar-refractivity contribution < 1.29 is 17.9 Å². The maximum Gasteiger partial charge on any atom is 0.418 e. The van der Waals surface area contributed by atoms with Crippen molar-refractivity contribution >= 4 is 0 Å². The highest BCUT2D eigenvalue weighted by atomic mass is 19.4. The lowest BCUT2D eigenvalue weighted by molar-refractivity contribution is -0.137. The summed E-state index contributed by atoms with van der Waals surface area (Å²) in [5, 5.41) is 18.4. The Balaban J connectivity index is 1.43. The number of aromatic nitrogens is 7. The fraction of sp³-hybridized carbons (Fsp3) is 0.250. The van der Waals surface area contributed by atoms with Crippen LogP contribution in [0.5, 0.6) is 5.75 Å². The summed E-state index contributed by atoms with van der Waals surface area (Å²) in [5.74, 6) is 1.41. The highest BCUT2D eigenvalue weighted by molar-refractivity contribution is 5.42. The number of hydrogen-bond acceptors (Lipinski definition) is 6. The molecule has 0 bridgehead atoms. The third kappa shape index (κ3) is 5.80. The first-order chi connectivity index (χ1) is 19.3. The van der Waals surface area contributed by atoms with Gasteiger partial charge < -0.3 is 4.74 Å². The molecule has 40 heavy (non-hydrogen) atoms. The van der Waals surface area contributed by atoms with Crippen LogP contribution in [0.3, 0.4) is 0 Å². The Morgan fingerprint density at radius 2 is 1.70 bits per heavy atom. The smallest absolute Gasteiger partial charge is 0.418 e. The van der Waals surface area contributed by atoms with Crippen molar-refractivity contribution in [1.29, 1.82) is 0 Å². The molecule has 0 saturated carbocycles. The van der Waals surface area contributed by atoms with Crippen molar-refractivity contribution in [2.45, 2.75) is 45.0 Å². The molecule has 0 aliphatic carbocycles. The summed E-state index contributed by atoms with van der Waals surface area (Å²) in [6, 6.07) is 21.5. The summed E-state index contributed by atoms with van der Waals surface area (Å²) in [6.45, 7) is 2.13. The molecule has 2 heterocycles. The lowest BCUT2D eigenvalue weighted by Crippen LogP contribution is -2.26. The Labute approximate surface area is 227 Å². The zero-order valence-corrected chi connectivity index (χ0v) is 21.5. The average Bonchev–Trinajstić information content (AvgIpc) is 3.60. The van der Waals surface area contributed by atoms with Gasteiger partial charge in [0.15, 0.2) is 11.9 Å². The summed E-state index contributed by atoms with van der Waals surface area (Å²) >= 11 is 0. The number of nitrogens with zero attached hydrogens (tertiary/aromatic N) is 6. The molecule has 3 aromatic carbocycles. The van der Waals surface area contributed by atoms with E-state index in [4.69, 9.17) is 4.74 Å². The quantitative estimate of drug-likeness (QED) is 0.259. The molecular weight excluding hydrogens is 523 g/mol. The lowest BCUT2D eigenvalue weighted by Gasteiger charge is -2.17. The van der Waals surface area contributed by atoms with Crippen LogP contribution in [0.15, 0.2) is 83.7 Å². The number of benzene rings is 3. The number of aromatic amines is 1. The molecule has 0 aliphatic rings. The Morgan fingerprint density at radius 1 is 0.975 bits per heavy atom. The highest BCUT2D eigenvalue weighted by Crippen LogP contribution is 2.33. The van der Waals surface area contributed by atoms with Gasteiger partial charge in [-0.05, 0) is 46.7 Å². The molecule has 9 nitrogen and oxygen atoms in total. The molecule has 1 N–H and O–H groups in total. The Bertz CT molecular complexity index is 1600. The van der Waals surface area contributed by atoms with E-state index in [9.17, 15) is 18.0 Å². The first-order valence-corrected chi connectivity index (χ1v) is 12.7. The molecule has 0 aliphatic heterocycles. The number of H-pyrrole nitrogens is 1. The van der Waals surface area contributed by atoms with Crippen LogP contribution < -0.4 is 10.4 Å². The summed E-state index contributed by atoms with van der Waals surface area (Å²) < 4.78 is 49.5. The Kier molecular flexibility index (Phi) is 7.76. The van der Waals surface area contributed by atoms with Gasteiger partial charge in [-0.1, -0.05) is 67.9 Å². The van der Waals surface area contributed by atoms with Crippen molar-refractivity contribution in [3.8, 4) is 11.4 Å². The second-order valence-electron chi connectivity index (χ2n) is 9.15. The highest BCUT2D eigenvalue weighted by Gasteiger charge is 2.34. The minimum absolute atomic E-state index is 0.139. The number of rotatable bonds is 10. The van der Waals surface area contributed by atoms with Crippen molar-refractivity contribution in [1.82, 2.24) is 35.0 Å². The van der Waals surface area contributed by atoms with Crippen LogP contribution >= 0.6 is 0 Å². The first-order valence-electron chi connectivity index (χ1n) is 12.7. The van der Waals surface area contributed by atoms with Gasteiger partial charge in [0, 0.05) is 12.0 Å². The normalized spacial score (nSPS) is 12.4. The number of hydrogen-bond donors (Lipinski definition) is 1. The van der Waals surface area contributed by atoms with Gasteiger partial charge in [0.25, 0.3) is 0 Å².